The van der Waals surface area contributed by atoms with Crippen molar-refractivity contribution >= 4 is 11.6 Å². The number of nitrogens with one attached hydrogen (secondary N) is 1. The first-order chi connectivity index (χ1) is 9.74. The lowest BCUT2D eigenvalue weighted by Gasteiger charge is -2.16. The zero-order valence-corrected chi connectivity index (χ0v) is 11.7. The summed E-state index contributed by atoms with van der Waals surface area (Å²) in [4.78, 5) is 11.5. The van der Waals surface area contributed by atoms with Crippen LogP contribution in [0.25, 0.3) is 0 Å². The van der Waals surface area contributed by atoms with Crippen molar-refractivity contribution in [3.8, 4) is 5.75 Å². The highest BCUT2D eigenvalue weighted by Crippen LogP contribution is 2.37. The van der Waals surface area contributed by atoms with Gasteiger partial charge in [0.05, 0.1) is 12.2 Å². The van der Waals surface area contributed by atoms with Crippen molar-refractivity contribution in [2.45, 2.75) is 19.1 Å². The molecule has 8 heteroatoms. The van der Waals surface area contributed by atoms with Crippen LogP contribution in [0.5, 0.6) is 5.75 Å². The van der Waals surface area contributed by atoms with E-state index >= 15 is 0 Å². The molecule has 0 fully saturated rings. The van der Waals surface area contributed by atoms with Crippen LogP contribution in [0.1, 0.15) is 12.5 Å². The van der Waals surface area contributed by atoms with Crippen molar-refractivity contribution in [2.24, 2.45) is 0 Å². The summed E-state index contributed by atoms with van der Waals surface area (Å²) in [6.07, 6.45) is -4.61. The maximum Gasteiger partial charge on any atom is 0.420 e. The summed E-state index contributed by atoms with van der Waals surface area (Å²) < 4.78 is 48.2. The molecule has 0 saturated carbocycles. The highest BCUT2D eigenvalue weighted by molar-refractivity contribution is 5.77. The van der Waals surface area contributed by atoms with Crippen LogP contribution in [0.4, 0.5) is 18.9 Å². The van der Waals surface area contributed by atoms with Crippen LogP contribution in [0.3, 0.4) is 0 Å². The summed E-state index contributed by atoms with van der Waals surface area (Å²) in [5.41, 5.74) is 4.28. The van der Waals surface area contributed by atoms with Gasteiger partial charge in [-0.05, 0) is 25.1 Å². The first-order valence-electron chi connectivity index (χ1n) is 6.12. The summed E-state index contributed by atoms with van der Waals surface area (Å²) in [7, 11) is 1.48. The normalized spacial score (nSPS) is 12.8. The highest BCUT2D eigenvalue weighted by Gasteiger charge is 2.34. The van der Waals surface area contributed by atoms with E-state index in [1.807, 2.05) is 0 Å². The van der Waals surface area contributed by atoms with Gasteiger partial charge in [-0.1, -0.05) is 0 Å². The van der Waals surface area contributed by atoms with Gasteiger partial charge in [0.2, 0.25) is 0 Å². The molecule has 0 saturated heterocycles. The number of hydrogen-bond donors (Lipinski definition) is 2. The Morgan fingerprint density at radius 2 is 2.10 bits per heavy atom. The first-order valence-corrected chi connectivity index (χ1v) is 6.12. The molecule has 1 unspecified atom stereocenters. The summed E-state index contributed by atoms with van der Waals surface area (Å²) in [6, 6.07) is 2.86. The van der Waals surface area contributed by atoms with E-state index in [1.54, 1.807) is 6.92 Å². The zero-order valence-electron chi connectivity index (χ0n) is 11.7. The zero-order chi connectivity index (χ0) is 16.0. The smallest absolute Gasteiger partial charge is 0.420 e. The van der Waals surface area contributed by atoms with Crippen molar-refractivity contribution < 1.29 is 27.4 Å². The Morgan fingerprint density at radius 1 is 1.43 bits per heavy atom. The Balaban J connectivity index is 2.69. The van der Waals surface area contributed by atoms with Crippen LogP contribution in [-0.2, 0) is 15.7 Å². The lowest BCUT2D eigenvalue weighted by molar-refractivity contribution is -0.139. The van der Waals surface area contributed by atoms with E-state index < -0.39 is 30.0 Å². The standard InChI is InChI=1S/C13H17F3N2O3/c1-8(6-20-2)18-12(19)7-21-11-4-3-9(17)5-10(11)13(14,15)16/h3-5,8H,6-7,17H2,1-2H3,(H,18,19). The minimum atomic E-state index is -4.61. The van der Waals surface area contributed by atoms with Crippen LogP contribution < -0.4 is 15.8 Å². The molecule has 3 N–H and O–H groups in total. The second-order valence-electron chi connectivity index (χ2n) is 4.47. The van der Waals surface area contributed by atoms with Gasteiger partial charge in [-0.2, -0.15) is 13.2 Å². The molecule has 118 valence electrons. The van der Waals surface area contributed by atoms with E-state index in [0.29, 0.717) is 6.61 Å². The first kappa shape index (κ1) is 17.1. The van der Waals surface area contributed by atoms with Gasteiger partial charge in [0, 0.05) is 18.8 Å². The van der Waals surface area contributed by atoms with Gasteiger partial charge in [-0.15, -0.1) is 0 Å². The number of amides is 1. The molecule has 1 rings (SSSR count). The predicted octanol–water partition coefficient (Wildman–Crippen LogP) is 1.82. The predicted molar refractivity (Wildman–Crippen MR) is 70.8 cm³/mol. The largest absolute Gasteiger partial charge is 0.483 e. The second kappa shape index (κ2) is 7.16. The number of hydrogen-bond acceptors (Lipinski definition) is 4. The molecule has 0 aliphatic rings. The number of carbonyl (C=O) groups excluding carboxylic acids is 1. The minimum Gasteiger partial charge on any atom is -0.483 e. The number of ether oxygens (including phenoxy) is 2. The minimum absolute atomic E-state index is 0.0344. The van der Waals surface area contributed by atoms with Crippen molar-refractivity contribution in [1.29, 1.82) is 0 Å². The lowest BCUT2D eigenvalue weighted by Crippen LogP contribution is -2.38. The van der Waals surface area contributed by atoms with Crippen molar-refractivity contribution in [3.05, 3.63) is 23.8 Å². The quantitative estimate of drug-likeness (QED) is 0.786. The number of nitrogens with two attached hydrogens (primary N) is 1. The summed E-state index contributed by atoms with van der Waals surface area (Å²) in [5.74, 6) is -0.976. The monoisotopic (exact) mass is 306 g/mol. The van der Waals surface area contributed by atoms with Gasteiger partial charge in [-0.3, -0.25) is 4.79 Å². The van der Waals surface area contributed by atoms with E-state index in [4.69, 9.17) is 15.2 Å². The Labute approximate surface area is 120 Å². The maximum absolute atomic E-state index is 12.8. The van der Waals surface area contributed by atoms with Gasteiger partial charge in [0.15, 0.2) is 6.61 Å². The highest BCUT2D eigenvalue weighted by atomic mass is 19.4. The van der Waals surface area contributed by atoms with Crippen molar-refractivity contribution in [1.82, 2.24) is 5.32 Å². The molecule has 21 heavy (non-hydrogen) atoms. The molecule has 0 heterocycles. The fourth-order valence-corrected chi connectivity index (χ4v) is 1.65. The lowest BCUT2D eigenvalue weighted by atomic mass is 10.1. The van der Waals surface area contributed by atoms with Gasteiger partial charge in [-0.25, -0.2) is 0 Å². The van der Waals surface area contributed by atoms with E-state index in [2.05, 4.69) is 5.32 Å². The van der Waals surface area contributed by atoms with E-state index in [-0.39, 0.29) is 11.7 Å². The Bertz CT molecular complexity index is 492. The molecule has 1 aromatic rings. The summed E-state index contributed by atoms with van der Waals surface area (Å²) in [5, 5.41) is 2.53. The van der Waals surface area contributed by atoms with Crippen LogP contribution in [0.15, 0.2) is 18.2 Å². The molecule has 1 amide bonds. The SMILES string of the molecule is COCC(C)NC(=O)COc1ccc(N)cc1C(F)(F)F. The Hall–Kier alpha value is -1.96. The Kier molecular flexibility index (Phi) is 5.83. The van der Waals surface area contributed by atoms with E-state index in [1.165, 1.54) is 13.2 Å². The van der Waals surface area contributed by atoms with Crippen molar-refractivity contribution in [3.63, 3.8) is 0 Å². The van der Waals surface area contributed by atoms with E-state index in [0.717, 1.165) is 12.1 Å². The third-order valence-corrected chi connectivity index (χ3v) is 2.49. The molecule has 0 aliphatic heterocycles. The number of nitrogen functional groups attached to an aromatic ring is 1. The molecule has 0 aliphatic carbocycles. The van der Waals surface area contributed by atoms with E-state index in [9.17, 15) is 18.0 Å². The third kappa shape index (κ3) is 5.50. The van der Waals surface area contributed by atoms with Gasteiger partial charge in [0.1, 0.15) is 5.75 Å². The molecule has 0 spiro atoms. The topological polar surface area (TPSA) is 73.6 Å². The van der Waals surface area contributed by atoms with Crippen LogP contribution >= 0.6 is 0 Å². The number of methoxy groups -OCH3 is 1. The van der Waals surface area contributed by atoms with Gasteiger partial charge in [0.25, 0.3) is 5.91 Å². The summed E-state index contributed by atoms with van der Waals surface area (Å²) >= 11 is 0. The average molecular weight is 306 g/mol. The molecule has 0 radical (unpaired) electrons. The third-order valence-electron chi connectivity index (χ3n) is 2.49. The molecule has 5 nitrogen and oxygen atoms in total. The fourth-order valence-electron chi connectivity index (χ4n) is 1.65. The molecule has 0 aromatic heterocycles. The Morgan fingerprint density at radius 3 is 2.67 bits per heavy atom. The number of anilines is 1. The molecular formula is C13H17F3N2O3. The molecule has 1 aromatic carbocycles. The number of halogens is 3. The second-order valence-corrected chi connectivity index (χ2v) is 4.47. The summed E-state index contributed by atoms with van der Waals surface area (Å²) in [6.45, 7) is 1.47. The molecule has 1 atom stereocenters. The van der Waals surface area contributed by atoms with Crippen LogP contribution in [-0.4, -0.2) is 32.3 Å². The van der Waals surface area contributed by atoms with Gasteiger partial charge < -0.3 is 20.5 Å². The number of carbonyl (C=O) groups is 1. The molecule has 0 bridgehead atoms. The molecular weight excluding hydrogens is 289 g/mol. The number of rotatable bonds is 6. The average Bonchev–Trinajstić information content (AvgIpc) is 2.36. The van der Waals surface area contributed by atoms with Crippen LogP contribution in [0.2, 0.25) is 0 Å². The van der Waals surface area contributed by atoms with Crippen molar-refractivity contribution in [2.75, 3.05) is 26.1 Å². The number of benzene rings is 1. The number of alkyl halides is 3. The van der Waals surface area contributed by atoms with Crippen LogP contribution in [0, 0.1) is 0 Å². The fraction of sp³-hybridized carbons (Fsp3) is 0.462. The maximum atomic E-state index is 12.8. The van der Waals surface area contributed by atoms with Gasteiger partial charge >= 0.3 is 6.18 Å².